The second-order valence-electron chi connectivity index (χ2n) is 13.8. The Labute approximate surface area is 226 Å². The summed E-state index contributed by atoms with van der Waals surface area (Å²) in [4.78, 5) is 56.8. The minimum atomic E-state index is -0.939. The minimum Gasteiger partial charge on any atom is -0.445 e. The fourth-order valence-corrected chi connectivity index (χ4v) is 9.09. The second-order valence-corrected chi connectivity index (χ2v) is 13.8. The molecule has 0 radical (unpaired) electrons. The van der Waals surface area contributed by atoms with E-state index in [4.69, 9.17) is 4.74 Å². The fourth-order valence-electron chi connectivity index (χ4n) is 9.09. The Morgan fingerprint density at radius 2 is 1.76 bits per heavy atom. The first-order valence-electron chi connectivity index (χ1n) is 14.4. The zero-order chi connectivity index (χ0) is 27.8. The van der Waals surface area contributed by atoms with E-state index < -0.39 is 46.4 Å². The number of hydrogen-bond donors (Lipinski definition) is 1. The van der Waals surface area contributed by atoms with E-state index in [2.05, 4.69) is 32.3 Å². The summed E-state index contributed by atoms with van der Waals surface area (Å²) < 4.78 is 6.22. The van der Waals surface area contributed by atoms with Gasteiger partial charge in [-0.2, -0.15) is 4.90 Å². The molecule has 1 spiro atoms. The zero-order valence-corrected chi connectivity index (χ0v) is 23.6. The topological polar surface area (TPSA) is 104 Å². The van der Waals surface area contributed by atoms with Crippen LogP contribution in [0.25, 0.3) is 0 Å². The Balaban J connectivity index is 1.52. The summed E-state index contributed by atoms with van der Waals surface area (Å²) in [5, 5.41) is 11.7. The van der Waals surface area contributed by atoms with E-state index in [9.17, 15) is 24.3 Å². The number of ketones is 1. The molecule has 3 unspecified atom stereocenters. The van der Waals surface area contributed by atoms with Crippen molar-refractivity contribution in [3.8, 4) is 0 Å². The summed E-state index contributed by atoms with van der Waals surface area (Å²) in [7, 11) is 1.98. The predicted molar refractivity (Wildman–Crippen MR) is 141 cm³/mol. The Hall–Kier alpha value is -2.06. The van der Waals surface area contributed by atoms with Crippen LogP contribution in [0.2, 0.25) is 0 Å². The molecule has 0 aromatic carbocycles. The number of Topliss-reactive ketones (excluding diaryl/α,β-unsaturated/α-hetero) is 1. The van der Waals surface area contributed by atoms with Crippen LogP contribution in [0.15, 0.2) is 12.7 Å². The molecule has 2 heterocycles. The molecular formula is C30H44N2O6. The molecule has 5 aliphatic rings. The van der Waals surface area contributed by atoms with Gasteiger partial charge in [-0.05, 0) is 75.9 Å². The third kappa shape index (κ3) is 3.61. The molecule has 2 bridgehead atoms. The summed E-state index contributed by atoms with van der Waals surface area (Å²) in [5.41, 5.74) is -2.70. The maximum absolute atomic E-state index is 13.7. The fraction of sp³-hybridized carbons (Fsp3) is 0.800. The smallest absolute Gasteiger partial charge is 0.423 e. The molecule has 38 heavy (non-hydrogen) atoms. The molecule has 2 saturated heterocycles. The number of imide groups is 3. The first-order chi connectivity index (χ1) is 17.8. The summed E-state index contributed by atoms with van der Waals surface area (Å²) in [5.74, 6) is -1.22. The number of rotatable bonds is 2. The molecule has 8 nitrogen and oxygen atoms in total. The lowest BCUT2D eigenvalue weighted by molar-refractivity contribution is -0.193. The van der Waals surface area contributed by atoms with Crippen molar-refractivity contribution in [2.75, 3.05) is 20.1 Å². The highest BCUT2D eigenvalue weighted by atomic mass is 16.6. The molecule has 3 aliphatic carbocycles. The summed E-state index contributed by atoms with van der Waals surface area (Å²) in [6.45, 7) is 13.6. The molecule has 0 aromatic rings. The highest BCUT2D eigenvalue weighted by molar-refractivity contribution is 6.16. The highest BCUT2D eigenvalue weighted by Gasteiger charge is 2.68. The largest absolute Gasteiger partial charge is 0.445 e. The van der Waals surface area contributed by atoms with Gasteiger partial charge in [-0.1, -0.05) is 33.8 Å². The predicted octanol–water partition coefficient (Wildman–Crippen LogP) is 3.96. The van der Waals surface area contributed by atoms with Crippen LogP contribution < -0.4 is 0 Å². The van der Waals surface area contributed by atoms with Crippen LogP contribution in [0.5, 0.6) is 0 Å². The van der Waals surface area contributed by atoms with Crippen LogP contribution >= 0.6 is 0 Å². The third-order valence-corrected chi connectivity index (χ3v) is 12.1. The Kier molecular flexibility index (Phi) is 6.50. The molecule has 210 valence electrons. The third-order valence-electron chi connectivity index (χ3n) is 12.1. The lowest BCUT2D eigenvalue weighted by Crippen LogP contribution is -2.63. The van der Waals surface area contributed by atoms with Crippen LogP contribution in [0.3, 0.4) is 0 Å². The monoisotopic (exact) mass is 528 g/mol. The average molecular weight is 529 g/mol. The van der Waals surface area contributed by atoms with Gasteiger partial charge in [0.15, 0.2) is 0 Å². The van der Waals surface area contributed by atoms with Gasteiger partial charge in [0.05, 0.1) is 11.5 Å². The number of aliphatic hydroxyl groups is 1. The zero-order valence-electron chi connectivity index (χ0n) is 23.6. The molecule has 1 N–H and O–H groups in total. The SMILES string of the molecule is C=C[C@]1(C)C[C@@H](OC(=O)N2C(=O)CC3(CCN(C)CC3)C2=O)[C@]2(C)C(C)CCC3(CCC(=O)C32)[C@@H](C)[C@@H]1O. The summed E-state index contributed by atoms with van der Waals surface area (Å²) in [6, 6.07) is 0. The Morgan fingerprint density at radius 1 is 1.11 bits per heavy atom. The van der Waals surface area contributed by atoms with Crippen molar-refractivity contribution in [2.45, 2.75) is 91.3 Å². The lowest BCUT2D eigenvalue weighted by Gasteiger charge is -2.61. The molecule has 3 amide bonds. The van der Waals surface area contributed by atoms with Gasteiger partial charge < -0.3 is 14.7 Å². The van der Waals surface area contributed by atoms with Crippen molar-refractivity contribution in [3.63, 3.8) is 0 Å². The van der Waals surface area contributed by atoms with Gasteiger partial charge in [0.2, 0.25) is 11.8 Å². The van der Waals surface area contributed by atoms with Gasteiger partial charge in [0.1, 0.15) is 11.9 Å². The van der Waals surface area contributed by atoms with E-state index in [0.29, 0.717) is 38.8 Å². The van der Waals surface area contributed by atoms with Gasteiger partial charge in [-0.25, -0.2) is 4.79 Å². The van der Waals surface area contributed by atoms with Crippen LogP contribution in [0.1, 0.15) is 79.1 Å². The maximum atomic E-state index is 13.7. The standard InChI is InChI=1S/C30H44N2O6/c1-7-27(4)16-21(38-26(37)32-22(34)17-29(25(32)36)12-14-31(6)15-13-29)28(5)18(2)8-10-30(19(3)24(27)35)11-9-20(33)23(28)30/h7,18-19,21,23-24,35H,1,8-17H2,2-6H3/t18?,19-,21+,23?,24-,27+,28-,30?/m0/s1. The van der Waals surface area contributed by atoms with Gasteiger partial charge in [0.25, 0.3) is 0 Å². The maximum Gasteiger partial charge on any atom is 0.423 e. The van der Waals surface area contributed by atoms with Crippen LogP contribution in [0, 0.1) is 39.4 Å². The van der Waals surface area contributed by atoms with Crippen molar-refractivity contribution in [1.29, 1.82) is 0 Å². The molecule has 2 aliphatic heterocycles. The number of hydrogen-bond acceptors (Lipinski definition) is 7. The summed E-state index contributed by atoms with van der Waals surface area (Å²) in [6.07, 6.45) is 3.49. The van der Waals surface area contributed by atoms with Gasteiger partial charge in [-0.15, -0.1) is 6.58 Å². The van der Waals surface area contributed by atoms with E-state index in [0.717, 1.165) is 17.7 Å². The number of carbonyl (C=O) groups excluding carboxylic acids is 4. The molecular weight excluding hydrogens is 484 g/mol. The summed E-state index contributed by atoms with van der Waals surface area (Å²) >= 11 is 0. The molecule has 0 aromatic heterocycles. The van der Waals surface area contributed by atoms with Crippen LogP contribution in [-0.2, 0) is 19.1 Å². The normalized spacial score (nSPS) is 45.1. The Bertz CT molecular complexity index is 1060. The van der Waals surface area contributed by atoms with E-state index >= 15 is 0 Å². The Morgan fingerprint density at radius 3 is 2.39 bits per heavy atom. The van der Waals surface area contributed by atoms with Gasteiger partial charge >= 0.3 is 6.09 Å². The molecule has 5 fully saturated rings. The van der Waals surface area contributed by atoms with Crippen molar-refractivity contribution >= 4 is 23.7 Å². The molecule has 3 saturated carbocycles. The quantitative estimate of drug-likeness (QED) is 0.427. The molecule has 8 heteroatoms. The van der Waals surface area contributed by atoms with Crippen molar-refractivity contribution in [2.24, 2.45) is 39.4 Å². The van der Waals surface area contributed by atoms with Crippen LogP contribution in [0.4, 0.5) is 4.79 Å². The van der Waals surface area contributed by atoms with Gasteiger partial charge in [-0.3, -0.25) is 14.4 Å². The van der Waals surface area contributed by atoms with Gasteiger partial charge in [0, 0.05) is 29.6 Å². The number of aliphatic hydroxyl groups excluding tert-OH is 1. The number of ether oxygens (including phenoxy) is 1. The average Bonchev–Trinajstić information content (AvgIpc) is 3.35. The van der Waals surface area contributed by atoms with Crippen molar-refractivity contribution in [1.82, 2.24) is 9.80 Å². The first kappa shape index (κ1) is 27.5. The number of likely N-dealkylation sites (tertiary alicyclic amines) is 2. The van der Waals surface area contributed by atoms with Crippen LogP contribution in [-0.4, -0.2) is 70.9 Å². The number of nitrogens with zero attached hydrogens (tertiary/aromatic N) is 2. The number of carbonyl (C=O) groups is 4. The second kappa shape index (κ2) is 8.98. The molecule has 8 atom stereocenters. The number of piperidine rings is 1. The lowest BCUT2D eigenvalue weighted by atomic mass is 9.44. The first-order valence-corrected chi connectivity index (χ1v) is 14.4. The van der Waals surface area contributed by atoms with E-state index in [1.54, 1.807) is 6.08 Å². The van der Waals surface area contributed by atoms with Crippen molar-refractivity contribution < 1.29 is 29.0 Å². The van der Waals surface area contributed by atoms with E-state index in [-0.39, 0.29) is 41.8 Å². The minimum absolute atomic E-state index is 0.0257. The van der Waals surface area contributed by atoms with E-state index in [1.807, 2.05) is 14.0 Å². The molecule has 5 rings (SSSR count). The highest BCUT2D eigenvalue weighted by Crippen LogP contribution is 2.68. The van der Waals surface area contributed by atoms with Crippen molar-refractivity contribution in [3.05, 3.63) is 12.7 Å². The number of amides is 3. The van der Waals surface area contributed by atoms with E-state index in [1.165, 1.54) is 0 Å².